The van der Waals surface area contributed by atoms with E-state index in [0.717, 1.165) is 12.8 Å². The lowest BCUT2D eigenvalue weighted by Gasteiger charge is -2.08. The van der Waals surface area contributed by atoms with Crippen LogP contribution in [0.25, 0.3) is 0 Å². The second-order valence-corrected chi connectivity index (χ2v) is 6.79. The smallest absolute Gasteiger partial charge is 0.193 e. The fraction of sp³-hybridized carbons (Fsp3) is 0.500. The molecule has 3 rings (SSSR count). The van der Waals surface area contributed by atoms with Crippen molar-refractivity contribution in [1.29, 1.82) is 0 Å². The zero-order chi connectivity index (χ0) is 16.7. The van der Waals surface area contributed by atoms with Gasteiger partial charge in [0.05, 0.1) is 18.1 Å². The Morgan fingerprint density at radius 1 is 1.04 bits per heavy atom. The third-order valence-corrected chi connectivity index (χ3v) is 5.03. The molecule has 1 aliphatic rings. The Hall–Kier alpha value is -1.16. The molecule has 1 aromatic heterocycles. The van der Waals surface area contributed by atoms with Crippen molar-refractivity contribution < 1.29 is 9.47 Å². The fourth-order valence-corrected chi connectivity index (χ4v) is 3.86. The summed E-state index contributed by atoms with van der Waals surface area (Å²) >= 11 is 1.80. The molecule has 2 nitrogen and oxygen atoms in total. The third-order valence-electron chi connectivity index (χ3n) is 3.91. The second kappa shape index (κ2) is 9.21. The number of ether oxygens (including phenoxy) is 2. The van der Waals surface area contributed by atoms with Crippen LogP contribution >= 0.6 is 11.3 Å². The highest BCUT2D eigenvalue weighted by Gasteiger charge is 2.21. The van der Waals surface area contributed by atoms with Crippen molar-refractivity contribution in [2.24, 2.45) is 0 Å². The molecule has 1 saturated heterocycles. The zero-order valence-corrected chi connectivity index (χ0v) is 15.5. The Labute approximate surface area is 144 Å². The minimum Gasteiger partial charge on any atom is -0.345 e. The van der Waals surface area contributed by atoms with Gasteiger partial charge in [0.25, 0.3) is 0 Å². The van der Waals surface area contributed by atoms with Gasteiger partial charge in [-0.3, -0.25) is 0 Å². The van der Waals surface area contributed by atoms with Gasteiger partial charge in [-0.05, 0) is 42.5 Å². The van der Waals surface area contributed by atoms with Crippen molar-refractivity contribution in [2.45, 2.75) is 53.2 Å². The number of rotatable bonds is 5. The SMILES string of the molecule is CC.CCCc1ccccc1Cc1cc(C2OCCO2)sc1C. The molecule has 1 aliphatic heterocycles. The summed E-state index contributed by atoms with van der Waals surface area (Å²) in [6.45, 7) is 9.84. The summed E-state index contributed by atoms with van der Waals surface area (Å²) in [6.07, 6.45) is 3.20. The van der Waals surface area contributed by atoms with Crippen molar-refractivity contribution in [3.05, 3.63) is 56.8 Å². The van der Waals surface area contributed by atoms with Crippen LogP contribution in [0.3, 0.4) is 0 Å². The summed E-state index contributed by atoms with van der Waals surface area (Å²) in [5.41, 5.74) is 4.32. The van der Waals surface area contributed by atoms with Crippen molar-refractivity contribution in [2.75, 3.05) is 13.2 Å². The second-order valence-electron chi connectivity index (χ2n) is 5.50. The number of hydrogen-bond acceptors (Lipinski definition) is 3. The Morgan fingerprint density at radius 3 is 2.35 bits per heavy atom. The first kappa shape index (κ1) is 18.2. The molecule has 0 spiro atoms. The lowest BCUT2D eigenvalue weighted by molar-refractivity contribution is -0.0413. The van der Waals surface area contributed by atoms with Gasteiger partial charge >= 0.3 is 0 Å². The molecule has 23 heavy (non-hydrogen) atoms. The van der Waals surface area contributed by atoms with Gasteiger partial charge in [0.15, 0.2) is 6.29 Å². The Morgan fingerprint density at radius 2 is 1.70 bits per heavy atom. The fourth-order valence-electron chi connectivity index (χ4n) is 2.81. The van der Waals surface area contributed by atoms with Crippen LogP contribution in [0, 0.1) is 6.92 Å². The predicted molar refractivity (Wildman–Crippen MR) is 98.3 cm³/mol. The van der Waals surface area contributed by atoms with Crippen molar-refractivity contribution >= 4 is 11.3 Å². The molecule has 3 heteroatoms. The molecule has 0 bridgehead atoms. The molecule has 1 aromatic carbocycles. The minimum absolute atomic E-state index is 0.145. The first-order valence-electron chi connectivity index (χ1n) is 8.67. The Kier molecular flexibility index (Phi) is 7.28. The van der Waals surface area contributed by atoms with E-state index in [-0.39, 0.29) is 6.29 Å². The normalized spacial score (nSPS) is 14.6. The van der Waals surface area contributed by atoms with Crippen LogP contribution in [0.15, 0.2) is 30.3 Å². The van der Waals surface area contributed by atoms with Gasteiger partial charge in [0, 0.05) is 4.88 Å². The van der Waals surface area contributed by atoms with E-state index >= 15 is 0 Å². The number of aryl methyl sites for hydroxylation is 2. The monoisotopic (exact) mass is 332 g/mol. The maximum Gasteiger partial charge on any atom is 0.193 e. The summed E-state index contributed by atoms with van der Waals surface area (Å²) < 4.78 is 11.2. The van der Waals surface area contributed by atoms with E-state index in [4.69, 9.17) is 9.47 Å². The van der Waals surface area contributed by atoms with E-state index in [1.54, 1.807) is 11.3 Å². The zero-order valence-electron chi connectivity index (χ0n) is 14.7. The van der Waals surface area contributed by atoms with E-state index in [2.05, 4.69) is 44.2 Å². The average molecular weight is 333 g/mol. The number of hydrogen-bond donors (Lipinski definition) is 0. The van der Waals surface area contributed by atoms with Crippen LogP contribution < -0.4 is 0 Å². The highest BCUT2D eigenvalue weighted by atomic mass is 32.1. The van der Waals surface area contributed by atoms with Gasteiger partial charge in [-0.15, -0.1) is 11.3 Å². The van der Waals surface area contributed by atoms with Crippen LogP contribution in [-0.2, 0) is 22.3 Å². The third kappa shape index (κ3) is 4.66. The standard InChI is InChI=1S/C18H22O2S.C2H6/c1-3-6-14-7-4-5-8-15(14)11-16-12-17(21-13(16)2)18-19-9-10-20-18;1-2/h4-5,7-8,12,18H,3,6,9-11H2,1-2H3;1-2H3. The van der Waals surface area contributed by atoms with Gasteiger partial charge in [-0.1, -0.05) is 51.5 Å². The molecule has 0 saturated carbocycles. The van der Waals surface area contributed by atoms with Crippen LogP contribution in [0.4, 0.5) is 0 Å². The molecular formula is C20H28O2S. The van der Waals surface area contributed by atoms with E-state index in [1.807, 2.05) is 13.8 Å². The lowest BCUT2D eigenvalue weighted by atomic mass is 9.97. The molecule has 126 valence electrons. The summed E-state index contributed by atoms with van der Waals surface area (Å²) in [4.78, 5) is 2.57. The van der Waals surface area contributed by atoms with E-state index < -0.39 is 0 Å². The summed E-state index contributed by atoms with van der Waals surface area (Å²) in [5, 5.41) is 0. The molecule has 0 atom stereocenters. The van der Waals surface area contributed by atoms with Crippen LogP contribution in [0.2, 0.25) is 0 Å². The maximum absolute atomic E-state index is 5.61. The summed E-state index contributed by atoms with van der Waals surface area (Å²) in [6, 6.07) is 11.1. The van der Waals surface area contributed by atoms with Crippen molar-refractivity contribution in [3.8, 4) is 0 Å². The molecule has 2 heterocycles. The molecule has 0 amide bonds. The first-order valence-corrected chi connectivity index (χ1v) is 9.48. The number of thiophene rings is 1. The molecule has 2 aromatic rings. The topological polar surface area (TPSA) is 18.5 Å². The van der Waals surface area contributed by atoms with Gasteiger partial charge in [0.1, 0.15) is 0 Å². The minimum atomic E-state index is -0.145. The molecule has 0 unspecified atom stereocenters. The van der Waals surface area contributed by atoms with Crippen molar-refractivity contribution in [1.82, 2.24) is 0 Å². The molecule has 1 fully saturated rings. The quantitative estimate of drug-likeness (QED) is 0.702. The van der Waals surface area contributed by atoms with E-state index in [0.29, 0.717) is 13.2 Å². The predicted octanol–water partition coefficient (Wildman–Crippen LogP) is 5.67. The molecular weight excluding hydrogens is 304 g/mol. The number of benzene rings is 1. The molecule has 0 aliphatic carbocycles. The first-order chi connectivity index (χ1) is 11.3. The Bertz CT molecular complexity index is 597. The average Bonchev–Trinajstić information content (AvgIpc) is 3.22. The molecule has 0 N–H and O–H groups in total. The van der Waals surface area contributed by atoms with Gasteiger partial charge in [-0.2, -0.15) is 0 Å². The highest BCUT2D eigenvalue weighted by molar-refractivity contribution is 7.12. The van der Waals surface area contributed by atoms with E-state index in [1.165, 1.54) is 32.9 Å². The van der Waals surface area contributed by atoms with Gasteiger partial charge in [0.2, 0.25) is 0 Å². The Balaban J connectivity index is 0.000000924. The van der Waals surface area contributed by atoms with Gasteiger partial charge < -0.3 is 9.47 Å². The van der Waals surface area contributed by atoms with E-state index in [9.17, 15) is 0 Å². The van der Waals surface area contributed by atoms with Gasteiger partial charge in [-0.25, -0.2) is 0 Å². The highest BCUT2D eigenvalue weighted by Crippen LogP contribution is 2.33. The summed E-state index contributed by atoms with van der Waals surface area (Å²) in [7, 11) is 0. The van der Waals surface area contributed by atoms with Crippen LogP contribution in [-0.4, -0.2) is 13.2 Å². The maximum atomic E-state index is 5.61. The largest absolute Gasteiger partial charge is 0.345 e. The van der Waals surface area contributed by atoms with Crippen LogP contribution in [0.1, 0.15) is 59.9 Å². The lowest BCUT2D eigenvalue weighted by Crippen LogP contribution is -1.96. The van der Waals surface area contributed by atoms with Crippen molar-refractivity contribution in [3.63, 3.8) is 0 Å². The summed E-state index contributed by atoms with van der Waals surface area (Å²) in [5.74, 6) is 0. The molecule has 0 radical (unpaired) electrons. The van der Waals surface area contributed by atoms with Crippen LogP contribution in [0.5, 0.6) is 0 Å².